The van der Waals surface area contributed by atoms with Crippen molar-refractivity contribution in [2.75, 3.05) is 10.6 Å². The quantitative estimate of drug-likeness (QED) is 0.511. The molecule has 0 spiro atoms. The zero-order chi connectivity index (χ0) is 24.3. The molecule has 0 aromatic heterocycles. The molecule has 3 aromatic carbocycles. The van der Waals surface area contributed by atoms with Gasteiger partial charge in [-0.05, 0) is 74.6 Å². The second kappa shape index (κ2) is 9.79. The Bertz CT molecular complexity index is 1240. The Hall–Kier alpha value is -3.12. The molecule has 1 amide bonds. The largest absolute Gasteiger partial charge is 0.346 e. The van der Waals surface area contributed by atoms with E-state index in [0.717, 1.165) is 33.4 Å². The van der Waals surface area contributed by atoms with Crippen molar-refractivity contribution in [3.8, 4) is 0 Å². The third kappa shape index (κ3) is 5.82. The summed E-state index contributed by atoms with van der Waals surface area (Å²) < 4.78 is 26.6. The lowest BCUT2D eigenvalue weighted by Gasteiger charge is -2.26. The van der Waals surface area contributed by atoms with Crippen LogP contribution < -0.4 is 9.62 Å². The van der Waals surface area contributed by atoms with E-state index in [9.17, 15) is 13.2 Å². The topological polar surface area (TPSA) is 66.5 Å². The first-order valence-electron chi connectivity index (χ1n) is 11.0. The predicted molar refractivity (Wildman–Crippen MR) is 135 cm³/mol. The highest BCUT2D eigenvalue weighted by Crippen LogP contribution is 2.28. The van der Waals surface area contributed by atoms with Gasteiger partial charge >= 0.3 is 0 Å². The Balaban J connectivity index is 1.78. The molecule has 0 aliphatic rings. The Kier molecular flexibility index (Phi) is 7.28. The number of anilines is 1. The van der Waals surface area contributed by atoms with E-state index < -0.39 is 10.0 Å². The van der Waals surface area contributed by atoms with E-state index in [1.54, 1.807) is 12.1 Å². The van der Waals surface area contributed by atoms with Gasteiger partial charge in [0.25, 0.3) is 5.91 Å². The van der Waals surface area contributed by atoms with E-state index in [0.29, 0.717) is 11.3 Å². The first-order chi connectivity index (χ1) is 15.5. The molecule has 3 rings (SSSR count). The van der Waals surface area contributed by atoms with Gasteiger partial charge in [0.2, 0.25) is 10.0 Å². The SMILES string of the molecule is Cc1ccc(C)c([C@@H](C)NC(=O)c2ccc(CN(c3c(C)cccc3C)S(C)(=O)=O)cc2)c1. The van der Waals surface area contributed by atoms with Crippen LogP contribution in [0.15, 0.2) is 60.7 Å². The molecule has 3 aromatic rings. The monoisotopic (exact) mass is 464 g/mol. The van der Waals surface area contributed by atoms with Crippen molar-refractivity contribution in [3.63, 3.8) is 0 Å². The Labute approximate surface area is 197 Å². The van der Waals surface area contributed by atoms with E-state index in [1.165, 1.54) is 10.6 Å². The number of aryl methyl sites for hydroxylation is 4. The number of benzene rings is 3. The summed E-state index contributed by atoms with van der Waals surface area (Å²) in [5, 5.41) is 3.06. The average Bonchev–Trinajstić information content (AvgIpc) is 2.74. The maximum absolute atomic E-state index is 12.8. The number of nitrogens with zero attached hydrogens (tertiary/aromatic N) is 1. The first kappa shape index (κ1) is 24.5. The van der Waals surface area contributed by atoms with Gasteiger partial charge in [-0.1, -0.05) is 54.1 Å². The lowest BCUT2D eigenvalue weighted by Crippen LogP contribution is -2.30. The molecule has 0 unspecified atom stereocenters. The van der Waals surface area contributed by atoms with Crippen molar-refractivity contribution in [1.29, 1.82) is 0 Å². The number of hydrogen-bond donors (Lipinski definition) is 1. The minimum atomic E-state index is -3.49. The van der Waals surface area contributed by atoms with E-state index in [-0.39, 0.29) is 18.5 Å². The van der Waals surface area contributed by atoms with Crippen LogP contribution in [-0.4, -0.2) is 20.6 Å². The number of amides is 1. The van der Waals surface area contributed by atoms with Crippen molar-refractivity contribution >= 4 is 21.6 Å². The van der Waals surface area contributed by atoms with Crippen LogP contribution in [0.5, 0.6) is 0 Å². The molecule has 33 heavy (non-hydrogen) atoms. The van der Waals surface area contributed by atoms with Crippen molar-refractivity contribution in [1.82, 2.24) is 5.32 Å². The molecule has 1 N–H and O–H groups in total. The lowest BCUT2D eigenvalue weighted by molar-refractivity contribution is 0.0939. The Morgan fingerprint density at radius 2 is 1.52 bits per heavy atom. The van der Waals surface area contributed by atoms with Crippen LogP contribution in [0.4, 0.5) is 5.69 Å². The molecule has 6 heteroatoms. The van der Waals surface area contributed by atoms with Crippen molar-refractivity contribution in [2.45, 2.75) is 47.2 Å². The molecule has 0 aliphatic heterocycles. The third-order valence-corrected chi connectivity index (χ3v) is 6.99. The third-order valence-electron chi connectivity index (χ3n) is 5.88. The van der Waals surface area contributed by atoms with Gasteiger partial charge in [-0.15, -0.1) is 0 Å². The van der Waals surface area contributed by atoms with Crippen molar-refractivity contribution < 1.29 is 13.2 Å². The second-order valence-corrected chi connectivity index (χ2v) is 10.7. The van der Waals surface area contributed by atoms with Gasteiger partial charge in [0, 0.05) is 5.56 Å². The Morgan fingerprint density at radius 1 is 0.909 bits per heavy atom. The summed E-state index contributed by atoms with van der Waals surface area (Å²) in [6, 6.07) is 18.9. The molecule has 0 saturated carbocycles. The summed E-state index contributed by atoms with van der Waals surface area (Å²) in [7, 11) is -3.49. The van der Waals surface area contributed by atoms with Crippen LogP contribution in [0.2, 0.25) is 0 Å². The van der Waals surface area contributed by atoms with Crippen LogP contribution in [0.1, 0.15) is 56.7 Å². The molecule has 0 radical (unpaired) electrons. The number of nitrogens with one attached hydrogen (secondary N) is 1. The molecule has 0 fully saturated rings. The summed E-state index contributed by atoms with van der Waals surface area (Å²) >= 11 is 0. The zero-order valence-corrected chi connectivity index (χ0v) is 21.0. The lowest BCUT2D eigenvalue weighted by atomic mass is 9.99. The highest BCUT2D eigenvalue weighted by atomic mass is 32.2. The van der Waals surface area contributed by atoms with E-state index in [2.05, 4.69) is 23.5 Å². The predicted octanol–water partition coefficient (Wildman–Crippen LogP) is 5.38. The molecule has 0 saturated heterocycles. The van der Waals surface area contributed by atoms with Gasteiger partial charge in [-0.25, -0.2) is 8.42 Å². The first-order valence-corrected chi connectivity index (χ1v) is 12.8. The Morgan fingerprint density at radius 3 is 2.09 bits per heavy atom. The van der Waals surface area contributed by atoms with E-state index in [1.807, 2.05) is 65.0 Å². The summed E-state index contributed by atoms with van der Waals surface area (Å²) in [6.07, 6.45) is 1.22. The van der Waals surface area contributed by atoms with Gasteiger partial charge in [-0.2, -0.15) is 0 Å². The summed E-state index contributed by atoms with van der Waals surface area (Å²) in [5.41, 5.74) is 7.22. The standard InChI is InChI=1S/C27H32N2O3S/c1-18-10-11-19(2)25(16-18)22(5)28-27(30)24-14-12-23(13-15-24)17-29(33(6,31)32)26-20(3)8-7-9-21(26)4/h7-16,22H,17H2,1-6H3,(H,28,30)/t22-/m1/s1. The number of sulfonamides is 1. The molecule has 5 nitrogen and oxygen atoms in total. The highest BCUT2D eigenvalue weighted by molar-refractivity contribution is 7.92. The number of para-hydroxylation sites is 1. The molecule has 174 valence electrons. The van der Waals surface area contributed by atoms with Gasteiger partial charge in [0.1, 0.15) is 0 Å². The van der Waals surface area contributed by atoms with E-state index >= 15 is 0 Å². The molecule has 0 heterocycles. The van der Waals surface area contributed by atoms with Gasteiger partial charge in [0.05, 0.1) is 24.5 Å². The van der Waals surface area contributed by atoms with Crippen LogP contribution in [0, 0.1) is 27.7 Å². The normalized spacial score (nSPS) is 12.3. The number of hydrogen-bond acceptors (Lipinski definition) is 3. The van der Waals surface area contributed by atoms with Crippen LogP contribution >= 0.6 is 0 Å². The summed E-state index contributed by atoms with van der Waals surface area (Å²) in [5.74, 6) is -0.162. The fourth-order valence-corrected chi connectivity index (χ4v) is 5.08. The summed E-state index contributed by atoms with van der Waals surface area (Å²) in [4.78, 5) is 12.8. The maximum atomic E-state index is 12.8. The fourth-order valence-electron chi connectivity index (χ4n) is 4.07. The van der Waals surface area contributed by atoms with Gasteiger partial charge in [0.15, 0.2) is 0 Å². The van der Waals surface area contributed by atoms with Gasteiger partial charge in [-0.3, -0.25) is 9.10 Å². The maximum Gasteiger partial charge on any atom is 0.251 e. The number of carbonyl (C=O) groups excluding carboxylic acids is 1. The molecule has 0 bridgehead atoms. The van der Waals surface area contributed by atoms with Crippen molar-refractivity contribution in [3.05, 3.63) is 99.6 Å². The van der Waals surface area contributed by atoms with Crippen LogP contribution in [0.25, 0.3) is 0 Å². The van der Waals surface area contributed by atoms with E-state index in [4.69, 9.17) is 0 Å². The average molecular weight is 465 g/mol. The van der Waals surface area contributed by atoms with Crippen molar-refractivity contribution in [2.24, 2.45) is 0 Å². The zero-order valence-electron chi connectivity index (χ0n) is 20.1. The highest BCUT2D eigenvalue weighted by Gasteiger charge is 2.21. The molecule has 1 atom stereocenters. The number of carbonyl (C=O) groups is 1. The van der Waals surface area contributed by atoms with Crippen LogP contribution in [0.3, 0.4) is 0 Å². The molecular weight excluding hydrogens is 432 g/mol. The second-order valence-electron chi connectivity index (χ2n) is 8.76. The van der Waals surface area contributed by atoms with Gasteiger partial charge < -0.3 is 5.32 Å². The minimum Gasteiger partial charge on any atom is -0.346 e. The summed E-state index contributed by atoms with van der Waals surface area (Å²) in [6.45, 7) is 10.1. The smallest absolute Gasteiger partial charge is 0.251 e. The van der Waals surface area contributed by atoms with Crippen LogP contribution in [-0.2, 0) is 16.6 Å². The molecular formula is C27H32N2O3S. The minimum absolute atomic E-state index is 0.123. The number of rotatable bonds is 7. The fraction of sp³-hybridized carbons (Fsp3) is 0.296. The molecule has 0 aliphatic carbocycles.